The highest BCUT2D eigenvalue weighted by atomic mass is 15.0. The lowest BCUT2D eigenvalue weighted by Crippen LogP contribution is -2.01. The lowest BCUT2D eigenvalue weighted by atomic mass is 10.0. The molecule has 10 aromatic rings. The van der Waals surface area contributed by atoms with Gasteiger partial charge in [0.25, 0.3) is 0 Å². The van der Waals surface area contributed by atoms with Crippen molar-refractivity contribution in [1.82, 2.24) is 29.9 Å². The smallest absolute Gasteiger partial charge is 0.164 e. The predicted molar refractivity (Wildman–Crippen MR) is 218 cm³/mol. The molecule has 0 radical (unpaired) electrons. The number of hydrogen-bond donors (Lipinski definition) is 0. The molecule has 0 saturated heterocycles. The van der Waals surface area contributed by atoms with Gasteiger partial charge in [-0.05, 0) is 54.6 Å². The Labute approximate surface area is 311 Å². The fraction of sp³-hybridized carbons (Fsp3) is 0. The van der Waals surface area contributed by atoms with E-state index in [1.165, 1.54) is 0 Å². The summed E-state index contributed by atoms with van der Waals surface area (Å²) in [5, 5.41) is 3.31. The van der Waals surface area contributed by atoms with Gasteiger partial charge < -0.3 is 0 Å². The van der Waals surface area contributed by atoms with Crippen LogP contribution in [0.4, 0.5) is 0 Å². The second-order valence-electron chi connectivity index (χ2n) is 13.2. The zero-order chi connectivity index (χ0) is 35.8. The molecule has 0 amide bonds. The fourth-order valence-corrected chi connectivity index (χ4v) is 6.90. The summed E-state index contributed by atoms with van der Waals surface area (Å²) < 4.78 is 0. The Morgan fingerprint density at radius 1 is 0.222 bits per heavy atom. The van der Waals surface area contributed by atoms with E-state index < -0.39 is 0 Å². The standard InChI is InChI=1S/C48H30N6/c1-4-19-40-31(10-1)22-25-43(49-40)34-13-7-16-37(28-34)46-52-47(38-17-8-14-35(29-38)44-26-23-32-11-2-5-20-41(32)50-44)54-48(53-46)39-18-9-15-36(30-39)45-27-24-33-12-3-6-21-42(33)51-45/h1-30H. The van der Waals surface area contributed by atoms with Crippen molar-refractivity contribution in [3.8, 4) is 67.9 Å². The summed E-state index contributed by atoms with van der Waals surface area (Å²) >= 11 is 0. The highest BCUT2D eigenvalue weighted by Gasteiger charge is 2.15. The van der Waals surface area contributed by atoms with E-state index in [4.69, 9.17) is 29.9 Å². The third-order valence-electron chi connectivity index (χ3n) is 9.68. The van der Waals surface area contributed by atoms with E-state index in [0.717, 1.165) is 83.2 Å². The average Bonchev–Trinajstić information content (AvgIpc) is 3.26. The molecule has 4 aromatic heterocycles. The molecule has 0 aliphatic heterocycles. The van der Waals surface area contributed by atoms with Crippen molar-refractivity contribution in [2.24, 2.45) is 0 Å². The average molecular weight is 691 g/mol. The third kappa shape index (κ3) is 6.02. The van der Waals surface area contributed by atoms with Crippen LogP contribution in [0.3, 0.4) is 0 Å². The van der Waals surface area contributed by atoms with Gasteiger partial charge >= 0.3 is 0 Å². The third-order valence-corrected chi connectivity index (χ3v) is 9.68. The molecular formula is C48H30N6. The van der Waals surface area contributed by atoms with Gasteiger partial charge in [-0.25, -0.2) is 29.9 Å². The van der Waals surface area contributed by atoms with Crippen molar-refractivity contribution >= 4 is 32.7 Å². The molecule has 0 aliphatic carbocycles. The normalized spacial score (nSPS) is 11.3. The first-order chi connectivity index (χ1) is 26.7. The van der Waals surface area contributed by atoms with Crippen LogP contribution in [0.25, 0.3) is 101 Å². The number of nitrogens with zero attached hydrogens (tertiary/aromatic N) is 6. The number of pyridine rings is 3. The molecule has 0 aliphatic rings. The van der Waals surface area contributed by atoms with Crippen molar-refractivity contribution in [3.05, 3.63) is 182 Å². The molecular weight excluding hydrogens is 661 g/mol. The number of aromatic nitrogens is 6. The van der Waals surface area contributed by atoms with Gasteiger partial charge in [-0.2, -0.15) is 0 Å². The summed E-state index contributed by atoms with van der Waals surface area (Å²) in [6, 6.07) is 61.7. The molecule has 0 unspecified atom stereocenters. The Morgan fingerprint density at radius 2 is 0.519 bits per heavy atom. The zero-order valence-electron chi connectivity index (χ0n) is 29.0. The molecule has 6 heteroatoms. The van der Waals surface area contributed by atoms with Gasteiger partial charge in [-0.15, -0.1) is 0 Å². The summed E-state index contributed by atoms with van der Waals surface area (Å²) in [5.41, 5.74) is 11.1. The van der Waals surface area contributed by atoms with Crippen molar-refractivity contribution in [2.75, 3.05) is 0 Å². The van der Waals surface area contributed by atoms with Crippen LogP contribution in [0.15, 0.2) is 182 Å². The maximum atomic E-state index is 5.11. The van der Waals surface area contributed by atoms with E-state index in [9.17, 15) is 0 Å². The maximum Gasteiger partial charge on any atom is 0.164 e. The monoisotopic (exact) mass is 690 g/mol. The van der Waals surface area contributed by atoms with Crippen molar-refractivity contribution in [1.29, 1.82) is 0 Å². The molecule has 0 saturated carbocycles. The largest absolute Gasteiger partial charge is 0.248 e. The van der Waals surface area contributed by atoms with E-state index >= 15 is 0 Å². The Balaban J connectivity index is 1.10. The van der Waals surface area contributed by atoms with Crippen LogP contribution in [-0.4, -0.2) is 29.9 Å². The maximum absolute atomic E-state index is 5.11. The van der Waals surface area contributed by atoms with Gasteiger partial charge in [0.15, 0.2) is 17.5 Å². The number of hydrogen-bond acceptors (Lipinski definition) is 6. The first-order valence-electron chi connectivity index (χ1n) is 17.9. The van der Waals surface area contributed by atoms with Crippen LogP contribution in [-0.2, 0) is 0 Å². The van der Waals surface area contributed by atoms with Gasteiger partial charge in [0.1, 0.15) is 0 Å². The van der Waals surface area contributed by atoms with Gasteiger partial charge in [0.2, 0.25) is 0 Å². The molecule has 54 heavy (non-hydrogen) atoms. The van der Waals surface area contributed by atoms with Crippen LogP contribution < -0.4 is 0 Å². The van der Waals surface area contributed by atoms with Crippen LogP contribution in [0.2, 0.25) is 0 Å². The molecule has 0 fully saturated rings. The summed E-state index contributed by atoms with van der Waals surface area (Å²) in [6.07, 6.45) is 0. The molecule has 4 heterocycles. The van der Waals surface area contributed by atoms with E-state index in [-0.39, 0.29) is 0 Å². The summed E-state index contributed by atoms with van der Waals surface area (Å²) in [7, 11) is 0. The molecule has 0 spiro atoms. The first kappa shape index (κ1) is 31.3. The van der Waals surface area contributed by atoms with Crippen LogP contribution in [0, 0.1) is 0 Å². The Hall–Kier alpha value is -7.44. The fourth-order valence-electron chi connectivity index (χ4n) is 6.90. The van der Waals surface area contributed by atoms with Crippen LogP contribution in [0.5, 0.6) is 0 Å². The van der Waals surface area contributed by atoms with Crippen molar-refractivity contribution < 1.29 is 0 Å². The number of rotatable bonds is 6. The number of benzene rings is 6. The lowest BCUT2D eigenvalue weighted by molar-refractivity contribution is 1.07. The summed E-state index contributed by atoms with van der Waals surface area (Å²) in [6.45, 7) is 0. The van der Waals surface area contributed by atoms with E-state index in [2.05, 4.69) is 91.0 Å². The van der Waals surface area contributed by atoms with Gasteiger partial charge in [-0.1, -0.05) is 127 Å². The predicted octanol–water partition coefficient (Wildman–Crippen LogP) is 11.5. The molecule has 6 nitrogen and oxygen atoms in total. The van der Waals surface area contributed by atoms with Gasteiger partial charge in [-0.3, -0.25) is 0 Å². The Kier molecular flexibility index (Phi) is 7.69. The second kappa shape index (κ2) is 13.3. The number of fused-ring (bicyclic) bond motifs is 3. The van der Waals surface area contributed by atoms with Crippen molar-refractivity contribution in [3.63, 3.8) is 0 Å². The molecule has 0 atom stereocenters. The second-order valence-corrected chi connectivity index (χ2v) is 13.2. The zero-order valence-corrected chi connectivity index (χ0v) is 29.0. The quantitative estimate of drug-likeness (QED) is 0.173. The molecule has 252 valence electrons. The van der Waals surface area contributed by atoms with Crippen molar-refractivity contribution in [2.45, 2.75) is 0 Å². The highest BCUT2D eigenvalue weighted by molar-refractivity contribution is 5.85. The minimum atomic E-state index is 0.570. The van der Waals surface area contributed by atoms with Crippen LogP contribution in [0.1, 0.15) is 0 Å². The van der Waals surface area contributed by atoms with Crippen LogP contribution >= 0.6 is 0 Å². The molecule has 0 bridgehead atoms. The Morgan fingerprint density at radius 3 is 0.852 bits per heavy atom. The summed E-state index contributed by atoms with van der Waals surface area (Å²) in [5.74, 6) is 1.71. The first-order valence-corrected chi connectivity index (χ1v) is 17.9. The van der Waals surface area contributed by atoms with Gasteiger partial charge in [0.05, 0.1) is 33.6 Å². The Bertz CT molecular complexity index is 2690. The van der Waals surface area contributed by atoms with E-state index in [1.54, 1.807) is 0 Å². The minimum Gasteiger partial charge on any atom is -0.248 e. The molecule has 10 rings (SSSR count). The molecule has 6 aromatic carbocycles. The lowest BCUT2D eigenvalue weighted by Gasteiger charge is -2.11. The summed E-state index contributed by atoms with van der Waals surface area (Å²) in [4.78, 5) is 30.2. The minimum absolute atomic E-state index is 0.570. The highest BCUT2D eigenvalue weighted by Crippen LogP contribution is 2.32. The van der Waals surface area contributed by atoms with Gasteiger partial charge in [0, 0.05) is 49.5 Å². The topological polar surface area (TPSA) is 77.3 Å². The van der Waals surface area contributed by atoms with E-state index in [1.807, 2.05) is 91.0 Å². The molecule has 0 N–H and O–H groups in total. The number of para-hydroxylation sites is 3. The van der Waals surface area contributed by atoms with E-state index in [0.29, 0.717) is 17.5 Å². The SMILES string of the molecule is c1cc(-c2ccc3ccccc3n2)cc(-c2nc(-c3cccc(-c4ccc5ccccc5n4)c3)nc(-c3cccc(-c4ccc5ccccc5n4)c3)n2)c1.